The van der Waals surface area contributed by atoms with Crippen molar-refractivity contribution in [1.82, 2.24) is 0 Å². The molecular formula is C23H45IO2. The second kappa shape index (κ2) is 19.0. The van der Waals surface area contributed by atoms with Crippen LogP contribution in [-0.2, 0) is 9.47 Å². The molecule has 1 heterocycles. The van der Waals surface area contributed by atoms with E-state index in [4.69, 9.17) is 9.47 Å². The largest absolute Gasteiger partial charge is 0.379 e. The molecule has 0 radical (unpaired) electrons. The van der Waals surface area contributed by atoms with E-state index >= 15 is 0 Å². The lowest BCUT2D eigenvalue weighted by Gasteiger charge is -2.10. The van der Waals surface area contributed by atoms with Crippen molar-refractivity contribution in [2.45, 2.75) is 133 Å². The van der Waals surface area contributed by atoms with E-state index in [0.29, 0.717) is 10.2 Å². The van der Waals surface area contributed by atoms with E-state index in [9.17, 15) is 0 Å². The molecule has 1 rings (SSSR count). The molecule has 26 heavy (non-hydrogen) atoms. The van der Waals surface area contributed by atoms with Crippen molar-refractivity contribution in [3.8, 4) is 0 Å². The lowest BCUT2D eigenvalue weighted by Crippen LogP contribution is -2.15. The van der Waals surface area contributed by atoms with Crippen LogP contribution in [-0.4, -0.2) is 23.4 Å². The third-order valence-corrected chi connectivity index (χ3v) is 6.42. The van der Waals surface area contributed by atoms with E-state index in [0.717, 1.165) is 13.2 Å². The van der Waals surface area contributed by atoms with Crippen LogP contribution in [0.15, 0.2) is 0 Å². The molecule has 1 fully saturated rings. The molecule has 2 nitrogen and oxygen atoms in total. The molecule has 1 saturated heterocycles. The maximum absolute atomic E-state index is 5.76. The van der Waals surface area contributed by atoms with Crippen molar-refractivity contribution in [3.05, 3.63) is 0 Å². The van der Waals surface area contributed by atoms with Crippen molar-refractivity contribution >= 4 is 22.6 Å². The number of halogens is 1. The van der Waals surface area contributed by atoms with Crippen molar-refractivity contribution < 1.29 is 9.47 Å². The number of alkyl halides is 1. The summed E-state index contributed by atoms with van der Waals surface area (Å²) in [6, 6.07) is 0. The molecule has 156 valence electrons. The van der Waals surface area contributed by atoms with Crippen LogP contribution in [0.3, 0.4) is 0 Å². The molecule has 0 aromatic rings. The molecule has 0 spiro atoms. The van der Waals surface area contributed by atoms with Gasteiger partial charge in [-0.2, -0.15) is 0 Å². The molecule has 2 atom stereocenters. The minimum absolute atomic E-state index is 0.359. The van der Waals surface area contributed by atoms with Gasteiger partial charge < -0.3 is 9.47 Å². The van der Waals surface area contributed by atoms with Crippen molar-refractivity contribution in [1.29, 1.82) is 0 Å². The molecule has 3 heteroatoms. The third kappa shape index (κ3) is 15.7. The normalized spacial score (nSPS) is 20.1. The second-order valence-electron chi connectivity index (χ2n) is 8.12. The van der Waals surface area contributed by atoms with E-state index in [-0.39, 0.29) is 0 Å². The Hall–Kier alpha value is 0.650. The Morgan fingerprint density at radius 1 is 0.692 bits per heavy atom. The highest BCUT2D eigenvalue weighted by Gasteiger charge is 2.22. The van der Waals surface area contributed by atoms with Gasteiger partial charge in [0.2, 0.25) is 0 Å². The molecule has 0 bridgehead atoms. The van der Waals surface area contributed by atoms with Crippen LogP contribution in [0.4, 0.5) is 0 Å². The first-order valence-electron chi connectivity index (χ1n) is 11.7. The summed E-state index contributed by atoms with van der Waals surface area (Å²) in [5.41, 5.74) is 0. The molecule has 0 amide bonds. The Labute approximate surface area is 177 Å². The molecule has 0 saturated carbocycles. The maximum Gasteiger partial charge on any atom is 0.109 e. The molecule has 0 aromatic carbocycles. The van der Waals surface area contributed by atoms with Crippen LogP contribution < -0.4 is 0 Å². The summed E-state index contributed by atoms with van der Waals surface area (Å²) in [5, 5.41) is 0. The van der Waals surface area contributed by atoms with E-state index in [2.05, 4.69) is 29.5 Å². The summed E-state index contributed by atoms with van der Waals surface area (Å²) < 4.78 is 11.9. The van der Waals surface area contributed by atoms with Crippen LogP contribution in [0.5, 0.6) is 0 Å². The average Bonchev–Trinajstić information content (AvgIpc) is 3.06. The Balaban J connectivity index is 1.65. The molecule has 0 N–H and O–H groups in total. The highest BCUT2D eigenvalue weighted by atomic mass is 127. The topological polar surface area (TPSA) is 18.5 Å². The average molecular weight is 481 g/mol. The zero-order valence-corrected chi connectivity index (χ0v) is 19.6. The smallest absolute Gasteiger partial charge is 0.109 e. The van der Waals surface area contributed by atoms with Crippen molar-refractivity contribution in [2.75, 3.05) is 13.2 Å². The highest BCUT2D eigenvalue weighted by Crippen LogP contribution is 2.24. The minimum atomic E-state index is 0.359. The van der Waals surface area contributed by atoms with E-state index in [1.807, 2.05) is 0 Å². The molecule has 1 aliphatic rings. The predicted octanol–water partition coefficient (Wildman–Crippen LogP) is 8.20. The Bertz CT molecular complexity index is 285. The quantitative estimate of drug-likeness (QED) is 0.105. The monoisotopic (exact) mass is 480 g/mol. The fourth-order valence-corrected chi connectivity index (χ4v) is 4.53. The fraction of sp³-hybridized carbons (Fsp3) is 1.00. The van der Waals surface area contributed by atoms with Crippen molar-refractivity contribution in [2.24, 2.45) is 0 Å². The lowest BCUT2D eigenvalue weighted by molar-refractivity contribution is 0.0116. The zero-order valence-electron chi connectivity index (χ0n) is 17.5. The van der Waals surface area contributed by atoms with Crippen LogP contribution in [0.25, 0.3) is 0 Å². The summed E-state index contributed by atoms with van der Waals surface area (Å²) in [7, 11) is 0. The van der Waals surface area contributed by atoms with Crippen LogP contribution in [0.1, 0.15) is 122 Å². The molecular weight excluding hydrogens is 435 g/mol. The van der Waals surface area contributed by atoms with Gasteiger partial charge in [-0.25, -0.2) is 0 Å². The molecule has 0 unspecified atom stereocenters. The van der Waals surface area contributed by atoms with Gasteiger partial charge in [0.15, 0.2) is 0 Å². The minimum Gasteiger partial charge on any atom is -0.379 e. The Morgan fingerprint density at radius 3 is 1.58 bits per heavy atom. The first-order chi connectivity index (χ1) is 12.8. The van der Waals surface area contributed by atoms with Crippen LogP contribution in [0, 0.1) is 0 Å². The molecule has 1 aliphatic heterocycles. The summed E-state index contributed by atoms with van der Waals surface area (Å²) in [6.07, 6.45) is 25.5. The second-order valence-corrected chi connectivity index (χ2v) is 9.51. The van der Waals surface area contributed by atoms with Gasteiger partial charge in [0.1, 0.15) is 4.11 Å². The predicted molar refractivity (Wildman–Crippen MR) is 122 cm³/mol. The van der Waals surface area contributed by atoms with Crippen molar-refractivity contribution in [3.63, 3.8) is 0 Å². The van der Waals surface area contributed by atoms with E-state index in [1.54, 1.807) is 0 Å². The van der Waals surface area contributed by atoms with E-state index < -0.39 is 0 Å². The number of hydrogen-bond donors (Lipinski definition) is 0. The Kier molecular flexibility index (Phi) is 18.0. The number of unbranched alkanes of at least 4 members (excludes halogenated alkanes) is 15. The SMILES string of the molecule is CCCCCCCCCCCCCCCCCCOC[C@@H]1CC[C@@H](I)O1. The molecule has 0 aromatic heterocycles. The number of hydrogen-bond acceptors (Lipinski definition) is 2. The Morgan fingerprint density at radius 2 is 1.15 bits per heavy atom. The third-order valence-electron chi connectivity index (χ3n) is 5.50. The number of ether oxygens (including phenoxy) is 2. The van der Waals surface area contributed by atoms with Gasteiger partial charge in [-0.05, 0) is 19.3 Å². The summed E-state index contributed by atoms with van der Waals surface area (Å²) in [4.78, 5) is 0. The van der Waals surface area contributed by atoms with Crippen LogP contribution >= 0.6 is 22.6 Å². The molecule has 0 aliphatic carbocycles. The maximum atomic E-state index is 5.76. The van der Waals surface area contributed by atoms with Gasteiger partial charge in [-0.1, -0.05) is 126 Å². The zero-order chi connectivity index (χ0) is 18.7. The first-order valence-corrected chi connectivity index (χ1v) is 12.9. The number of rotatable bonds is 19. The van der Waals surface area contributed by atoms with Gasteiger partial charge in [-0.3, -0.25) is 0 Å². The lowest BCUT2D eigenvalue weighted by atomic mass is 10.0. The first kappa shape index (κ1) is 24.7. The standard InChI is InChI=1S/C23H45IO2/c1-2-3-4-5-6-7-8-9-10-11-12-13-14-15-16-17-20-25-21-22-18-19-23(24)26-22/h22-23H,2-21H2,1H3/t22-,23-/m0/s1. The van der Waals surface area contributed by atoms with Crippen LogP contribution in [0.2, 0.25) is 0 Å². The highest BCUT2D eigenvalue weighted by molar-refractivity contribution is 14.1. The summed E-state index contributed by atoms with van der Waals surface area (Å²) >= 11 is 2.38. The van der Waals surface area contributed by atoms with Gasteiger partial charge in [-0.15, -0.1) is 0 Å². The van der Waals surface area contributed by atoms with Gasteiger partial charge in [0.25, 0.3) is 0 Å². The summed E-state index contributed by atoms with van der Waals surface area (Å²) in [5.74, 6) is 0. The van der Waals surface area contributed by atoms with Gasteiger partial charge in [0.05, 0.1) is 12.7 Å². The van der Waals surface area contributed by atoms with E-state index in [1.165, 1.54) is 116 Å². The summed E-state index contributed by atoms with van der Waals surface area (Å²) in [6.45, 7) is 4.02. The van der Waals surface area contributed by atoms with Gasteiger partial charge in [0, 0.05) is 6.61 Å². The fourth-order valence-electron chi connectivity index (χ4n) is 3.75. The van der Waals surface area contributed by atoms with Gasteiger partial charge >= 0.3 is 0 Å².